The number of ether oxygens (including phenoxy) is 1. The van der Waals surface area contributed by atoms with E-state index in [9.17, 15) is 76.3 Å². The molecule has 0 bridgehead atoms. The zero-order valence-electron chi connectivity index (χ0n) is 25.6. The van der Waals surface area contributed by atoms with Crippen LogP contribution in [0, 0.1) is 79.3 Å². The van der Waals surface area contributed by atoms with E-state index in [0.29, 0.717) is 6.07 Å². The third kappa shape index (κ3) is 6.26. The Kier molecular flexibility index (Phi) is 8.84. The van der Waals surface area contributed by atoms with Crippen molar-refractivity contribution in [2.24, 2.45) is 0 Å². The highest BCUT2D eigenvalue weighted by Crippen LogP contribution is 2.55. The molecule has 0 spiro atoms. The van der Waals surface area contributed by atoms with Crippen LogP contribution in [-0.4, -0.2) is 6.36 Å². The topological polar surface area (TPSA) is 176 Å². The highest BCUT2D eigenvalue weighted by molar-refractivity contribution is 6.30. The molecular formula is C36H8F9N7O. The maximum Gasteiger partial charge on any atom is 0.573 e. The summed E-state index contributed by atoms with van der Waals surface area (Å²) in [6, 6.07) is 16.4. The Hall–Kier alpha value is -7.78. The van der Waals surface area contributed by atoms with Crippen LogP contribution in [0.4, 0.5) is 39.5 Å². The number of allylic oxidation sites excluding steroid dienone is 8. The molecule has 0 saturated heterocycles. The van der Waals surface area contributed by atoms with Crippen LogP contribution in [0.2, 0.25) is 0 Å². The highest BCUT2D eigenvalue weighted by Gasteiger charge is 2.41. The molecule has 17 heteroatoms. The number of hydrogen-bond donors (Lipinski definition) is 0. The molecule has 0 heterocycles. The van der Waals surface area contributed by atoms with Crippen molar-refractivity contribution >= 4 is 33.4 Å². The Morgan fingerprint density at radius 3 is 1.28 bits per heavy atom. The van der Waals surface area contributed by atoms with Gasteiger partial charge in [-0.05, 0) is 64.7 Å². The minimum atomic E-state index is -5.34. The van der Waals surface area contributed by atoms with Gasteiger partial charge in [-0.2, -0.15) is 63.2 Å². The van der Waals surface area contributed by atoms with Crippen molar-refractivity contribution in [3.8, 4) is 48.2 Å². The smallest absolute Gasteiger partial charge is 0.404 e. The summed E-state index contributed by atoms with van der Waals surface area (Å²) in [6.45, 7) is 0. The van der Waals surface area contributed by atoms with E-state index in [1.165, 1.54) is 18.2 Å². The maximum atomic E-state index is 13.9. The number of rotatable bonds is 3. The lowest BCUT2D eigenvalue weighted by atomic mass is 9.89. The number of nitrogens with zero attached hydrogens (tertiary/aromatic N) is 7. The van der Waals surface area contributed by atoms with Gasteiger partial charge in [0.25, 0.3) is 0 Å². The lowest BCUT2D eigenvalue weighted by Gasteiger charge is -2.16. The third-order valence-corrected chi connectivity index (χ3v) is 7.90. The standard InChI is InChI=1S/C36H8F9N7O/c37-34(38,39)21-3-18(4-22(6-21)35(40,41)42)31-28(15-52)24-8-25-23(7-26(24)33(31)20(12-49)13-50)27(14-51)30(32(25)19(10-47)11-48)16-1-2-17(9-46)29(5-16)53-36(43,44)45/h1-8H. The summed E-state index contributed by atoms with van der Waals surface area (Å²) in [5, 5.41) is 69.5. The van der Waals surface area contributed by atoms with Crippen LogP contribution >= 0.6 is 0 Å². The maximum absolute atomic E-state index is 13.9. The van der Waals surface area contributed by atoms with E-state index < -0.39 is 80.2 Å². The first-order chi connectivity index (χ1) is 24.9. The van der Waals surface area contributed by atoms with Crippen molar-refractivity contribution in [2.45, 2.75) is 18.7 Å². The molecule has 3 aromatic carbocycles. The molecule has 8 nitrogen and oxygen atoms in total. The minimum Gasteiger partial charge on any atom is -0.404 e. The van der Waals surface area contributed by atoms with Gasteiger partial charge in [-0.15, -0.1) is 13.2 Å². The zero-order chi connectivity index (χ0) is 39.2. The molecule has 0 N–H and O–H groups in total. The molecule has 0 aromatic heterocycles. The first-order valence-corrected chi connectivity index (χ1v) is 14.0. The third-order valence-electron chi connectivity index (χ3n) is 7.90. The van der Waals surface area contributed by atoms with E-state index in [1.54, 1.807) is 24.3 Å². The van der Waals surface area contributed by atoms with Crippen molar-refractivity contribution < 1.29 is 44.3 Å². The van der Waals surface area contributed by atoms with Gasteiger partial charge in [-0.25, -0.2) is 0 Å². The molecule has 0 amide bonds. The summed E-state index contributed by atoms with van der Waals surface area (Å²) >= 11 is 0. The fraction of sp³-hybridized carbons (Fsp3) is 0.0833. The Morgan fingerprint density at radius 2 is 0.925 bits per heavy atom. The summed E-state index contributed by atoms with van der Waals surface area (Å²) in [4.78, 5) is 0. The van der Waals surface area contributed by atoms with E-state index in [-0.39, 0.29) is 57.2 Å². The van der Waals surface area contributed by atoms with Crippen molar-refractivity contribution in [3.63, 3.8) is 0 Å². The second kappa shape index (κ2) is 12.8. The van der Waals surface area contributed by atoms with Crippen molar-refractivity contribution in [1.29, 1.82) is 36.8 Å². The van der Waals surface area contributed by atoms with Gasteiger partial charge in [-0.3, -0.25) is 0 Å². The molecule has 0 aliphatic heterocycles. The molecule has 0 saturated carbocycles. The van der Waals surface area contributed by atoms with Gasteiger partial charge in [0.1, 0.15) is 59.4 Å². The molecule has 3 aromatic rings. The molecular weight excluding hydrogens is 717 g/mol. The van der Waals surface area contributed by atoms with Gasteiger partial charge >= 0.3 is 18.7 Å². The number of halogens is 9. The summed E-state index contributed by atoms with van der Waals surface area (Å²) in [5.41, 5.74) is -11.0. The van der Waals surface area contributed by atoms with E-state index in [4.69, 9.17) is 0 Å². The Morgan fingerprint density at radius 1 is 0.491 bits per heavy atom. The lowest BCUT2D eigenvalue weighted by Crippen LogP contribution is -2.18. The van der Waals surface area contributed by atoms with Gasteiger partial charge in [0, 0.05) is 33.4 Å². The largest absolute Gasteiger partial charge is 0.573 e. The Balaban J connectivity index is 1.92. The van der Waals surface area contributed by atoms with Crippen LogP contribution in [0.5, 0.6) is 5.75 Å². The summed E-state index contributed by atoms with van der Waals surface area (Å²) in [6.07, 6.45) is -16.0. The van der Waals surface area contributed by atoms with Crippen LogP contribution in [-0.2, 0) is 12.4 Å². The predicted molar refractivity (Wildman–Crippen MR) is 162 cm³/mol. The van der Waals surface area contributed by atoms with Gasteiger partial charge in [0.2, 0.25) is 0 Å². The number of benzene rings is 3. The predicted octanol–water partition coefficient (Wildman–Crippen LogP) is 8.99. The van der Waals surface area contributed by atoms with E-state index in [0.717, 1.165) is 24.3 Å². The van der Waals surface area contributed by atoms with Crippen molar-refractivity contribution in [2.75, 3.05) is 0 Å². The van der Waals surface area contributed by atoms with E-state index in [1.807, 2.05) is 0 Å². The Bertz CT molecular complexity index is 2560. The van der Waals surface area contributed by atoms with Crippen LogP contribution in [0.25, 0.3) is 33.4 Å². The van der Waals surface area contributed by atoms with Gasteiger partial charge in [0.15, 0.2) is 0 Å². The normalized spacial score (nSPS) is 13.4. The van der Waals surface area contributed by atoms with Crippen LogP contribution in [0.1, 0.15) is 50.1 Å². The highest BCUT2D eigenvalue weighted by atomic mass is 19.4. The summed E-state index contributed by atoms with van der Waals surface area (Å²) in [7, 11) is 0. The quantitative estimate of drug-likeness (QED) is 0.190. The average molecular weight is 725 g/mol. The van der Waals surface area contributed by atoms with Gasteiger partial charge < -0.3 is 4.74 Å². The average Bonchev–Trinajstić information content (AvgIpc) is 3.58. The fourth-order valence-corrected chi connectivity index (χ4v) is 5.90. The molecule has 256 valence electrons. The lowest BCUT2D eigenvalue weighted by molar-refractivity contribution is -0.274. The van der Waals surface area contributed by atoms with Crippen LogP contribution in [0.3, 0.4) is 0 Å². The van der Waals surface area contributed by atoms with E-state index >= 15 is 0 Å². The summed E-state index contributed by atoms with van der Waals surface area (Å²) < 4.78 is 127. The van der Waals surface area contributed by atoms with Crippen molar-refractivity contribution in [3.05, 3.63) is 110 Å². The second-order valence-corrected chi connectivity index (χ2v) is 10.8. The molecule has 0 radical (unpaired) electrons. The molecule has 0 unspecified atom stereocenters. The van der Waals surface area contributed by atoms with E-state index in [2.05, 4.69) is 4.74 Å². The number of fused-ring (bicyclic) bond motifs is 2. The van der Waals surface area contributed by atoms with Crippen LogP contribution < -0.4 is 4.74 Å². The summed E-state index contributed by atoms with van der Waals surface area (Å²) in [5.74, 6) is -1.02. The second-order valence-electron chi connectivity index (χ2n) is 10.8. The molecule has 0 atom stereocenters. The molecule has 53 heavy (non-hydrogen) atoms. The molecule has 2 aliphatic carbocycles. The first kappa shape index (κ1) is 36.5. The van der Waals surface area contributed by atoms with Crippen molar-refractivity contribution in [1.82, 2.24) is 0 Å². The molecule has 2 aliphatic rings. The number of nitriles is 7. The van der Waals surface area contributed by atoms with Gasteiger partial charge in [0.05, 0.1) is 27.8 Å². The number of alkyl halides is 9. The fourth-order valence-electron chi connectivity index (χ4n) is 5.90. The molecule has 0 fully saturated rings. The van der Waals surface area contributed by atoms with Gasteiger partial charge in [-0.1, -0.05) is 6.07 Å². The van der Waals surface area contributed by atoms with Crippen LogP contribution in [0.15, 0.2) is 59.7 Å². The number of hydrogen-bond acceptors (Lipinski definition) is 8. The Labute approximate surface area is 291 Å². The molecule has 5 rings (SSSR count). The SMILES string of the molecule is N#CC(C#N)=C1C(c2cc(C(F)(F)F)cc(C(F)(F)F)c2)=C(C#N)c2cc3c(cc21)C(C#N)=C(c1ccc(C#N)c(OC(F)(F)F)c1)C3=C(C#N)C#N. The minimum absolute atomic E-state index is 0.173. The zero-order valence-corrected chi connectivity index (χ0v) is 25.6. The first-order valence-electron chi connectivity index (χ1n) is 14.0. The monoisotopic (exact) mass is 725 g/mol.